The molecule has 0 radical (unpaired) electrons. The van der Waals surface area contributed by atoms with Gasteiger partial charge in [-0.1, -0.05) is 29.8 Å². The molecule has 0 spiro atoms. The van der Waals surface area contributed by atoms with Crippen LogP contribution >= 0.6 is 7.60 Å². The number of benzene rings is 1. The molecular formula is C23H37O7P. The highest BCUT2D eigenvalue weighted by Crippen LogP contribution is 2.59. The largest absolute Gasteiger partial charge is 0.459 e. The van der Waals surface area contributed by atoms with E-state index in [0.717, 1.165) is 11.1 Å². The summed E-state index contributed by atoms with van der Waals surface area (Å²) in [5, 5.41) is 0. The van der Waals surface area contributed by atoms with Crippen molar-refractivity contribution in [3.63, 3.8) is 0 Å². The molecule has 0 bridgehead atoms. The van der Waals surface area contributed by atoms with Gasteiger partial charge in [-0.15, -0.1) is 0 Å². The Bertz CT molecular complexity index is 725. The van der Waals surface area contributed by atoms with Gasteiger partial charge in [0.2, 0.25) is 0 Å². The lowest BCUT2D eigenvalue weighted by atomic mass is 9.90. The summed E-state index contributed by atoms with van der Waals surface area (Å²) in [6.45, 7) is 12.2. The molecule has 0 aromatic heterocycles. The van der Waals surface area contributed by atoms with Crippen molar-refractivity contribution in [2.24, 2.45) is 0 Å². The van der Waals surface area contributed by atoms with Crippen LogP contribution in [0.15, 0.2) is 24.3 Å². The van der Waals surface area contributed by atoms with Gasteiger partial charge in [0.05, 0.1) is 26.4 Å². The van der Waals surface area contributed by atoms with E-state index in [4.69, 9.17) is 23.3 Å². The summed E-state index contributed by atoms with van der Waals surface area (Å²) >= 11 is 0. The number of hydrogen-bond acceptors (Lipinski definition) is 7. The van der Waals surface area contributed by atoms with Crippen LogP contribution in [0, 0.1) is 6.92 Å². The Labute approximate surface area is 186 Å². The highest BCUT2D eigenvalue weighted by atomic mass is 31.2. The predicted octanol–water partition coefficient (Wildman–Crippen LogP) is 5.21. The fraction of sp³-hybridized carbons (Fsp3) is 0.696. The lowest BCUT2D eigenvalue weighted by Crippen LogP contribution is -2.37. The molecule has 0 N–H and O–H groups in total. The zero-order valence-corrected chi connectivity index (χ0v) is 20.5. The molecule has 8 heteroatoms. The Kier molecular flexibility index (Phi) is 9.71. The molecule has 1 heterocycles. The highest BCUT2D eigenvalue weighted by molar-refractivity contribution is 7.55. The van der Waals surface area contributed by atoms with Gasteiger partial charge >= 0.3 is 13.6 Å². The van der Waals surface area contributed by atoms with Crippen LogP contribution in [0.2, 0.25) is 0 Å². The summed E-state index contributed by atoms with van der Waals surface area (Å²) in [6, 6.07) is 7.86. The van der Waals surface area contributed by atoms with Crippen LogP contribution in [-0.2, 0) is 32.6 Å². The average molecular weight is 457 g/mol. The Morgan fingerprint density at radius 2 is 1.65 bits per heavy atom. The summed E-state index contributed by atoms with van der Waals surface area (Å²) in [7, 11) is -3.82. The van der Waals surface area contributed by atoms with E-state index in [1.165, 1.54) is 0 Å². The first-order chi connectivity index (χ1) is 14.6. The Morgan fingerprint density at radius 3 is 2.13 bits per heavy atom. The van der Waals surface area contributed by atoms with Crippen molar-refractivity contribution in [1.82, 2.24) is 0 Å². The van der Waals surface area contributed by atoms with Gasteiger partial charge in [-0.25, -0.2) is 0 Å². The molecule has 2 unspecified atom stereocenters. The van der Waals surface area contributed by atoms with Crippen molar-refractivity contribution in [2.45, 2.75) is 77.9 Å². The number of ether oxygens (including phenoxy) is 3. The molecule has 31 heavy (non-hydrogen) atoms. The number of carbonyl (C=O) groups excluding carboxylic acids is 1. The summed E-state index contributed by atoms with van der Waals surface area (Å²) < 4.78 is 42.1. The molecule has 1 saturated heterocycles. The Balaban J connectivity index is 2.49. The molecule has 0 saturated carbocycles. The maximum absolute atomic E-state index is 13.9. The summed E-state index contributed by atoms with van der Waals surface area (Å²) in [6.07, 6.45) is 0.712. The maximum Gasteiger partial charge on any atom is 0.345 e. The van der Waals surface area contributed by atoms with E-state index in [9.17, 15) is 9.36 Å². The van der Waals surface area contributed by atoms with Gasteiger partial charge < -0.3 is 23.3 Å². The molecule has 2 atom stereocenters. The first kappa shape index (κ1) is 26.0. The topological polar surface area (TPSA) is 80.3 Å². The van der Waals surface area contributed by atoms with Crippen LogP contribution < -0.4 is 0 Å². The standard InChI is InChI=1S/C23H37O7P/c1-7-28-31(25,29-8-2)21(22(24)30-23(4,5)6)19(13-14-20-26-15-16-27-20)18-11-9-17(3)10-12-18/h9-12,19-21H,7-8,13-16H2,1-6H3. The van der Waals surface area contributed by atoms with Crippen LogP contribution in [0.3, 0.4) is 0 Å². The minimum atomic E-state index is -3.82. The van der Waals surface area contributed by atoms with E-state index >= 15 is 0 Å². The lowest BCUT2D eigenvalue weighted by molar-refractivity contribution is -0.155. The maximum atomic E-state index is 13.9. The molecular weight excluding hydrogens is 419 g/mol. The first-order valence-corrected chi connectivity index (χ1v) is 12.6. The second-order valence-electron chi connectivity index (χ2n) is 8.62. The number of carbonyl (C=O) groups is 1. The third-order valence-corrected chi connectivity index (χ3v) is 7.39. The van der Waals surface area contributed by atoms with E-state index < -0.39 is 30.7 Å². The van der Waals surface area contributed by atoms with Crippen LogP contribution in [0.4, 0.5) is 0 Å². The van der Waals surface area contributed by atoms with Crippen LogP contribution in [0.25, 0.3) is 0 Å². The zero-order valence-electron chi connectivity index (χ0n) is 19.6. The molecule has 1 aliphatic heterocycles. The van der Waals surface area contributed by atoms with Gasteiger partial charge in [0.15, 0.2) is 11.9 Å². The van der Waals surface area contributed by atoms with Crippen molar-refractivity contribution in [3.8, 4) is 0 Å². The number of esters is 1. The van der Waals surface area contributed by atoms with Crippen molar-refractivity contribution in [3.05, 3.63) is 35.4 Å². The van der Waals surface area contributed by atoms with Gasteiger partial charge in [0, 0.05) is 5.92 Å². The highest BCUT2D eigenvalue weighted by Gasteiger charge is 2.49. The van der Waals surface area contributed by atoms with Crippen molar-refractivity contribution in [1.29, 1.82) is 0 Å². The second kappa shape index (κ2) is 11.6. The summed E-state index contributed by atoms with van der Waals surface area (Å²) in [5.74, 6) is -1.04. The van der Waals surface area contributed by atoms with Crippen LogP contribution in [-0.4, -0.2) is 49.9 Å². The van der Waals surface area contributed by atoms with E-state index in [2.05, 4.69) is 0 Å². The number of rotatable bonds is 11. The van der Waals surface area contributed by atoms with E-state index in [1.807, 2.05) is 31.2 Å². The minimum Gasteiger partial charge on any atom is -0.459 e. The van der Waals surface area contributed by atoms with Crippen molar-refractivity contribution in [2.75, 3.05) is 26.4 Å². The van der Waals surface area contributed by atoms with Gasteiger partial charge in [-0.3, -0.25) is 9.36 Å². The molecule has 1 aromatic carbocycles. The minimum absolute atomic E-state index is 0.159. The molecule has 0 amide bonds. The molecule has 176 valence electrons. The van der Waals surface area contributed by atoms with Gasteiger partial charge in [0.1, 0.15) is 5.60 Å². The molecule has 0 aliphatic carbocycles. The molecule has 2 rings (SSSR count). The smallest absolute Gasteiger partial charge is 0.345 e. The van der Waals surface area contributed by atoms with Gasteiger partial charge in [0.25, 0.3) is 0 Å². The molecule has 1 fully saturated rings. The van der Waals surface area contributed by atoms with Gasteiger partial charge in [-0.2, -0.15) is 0 Å². The molecule has 1 aliphatic rings. The molecule has 1 aromatic rings. The third-order valence-electron chi connectivity index (χ3n) is 4.90. The second-order valence-corrected chi connectivity index (χ2v) is 10.8. The third kappa shape index (κ3) is 7.69. The number of hydrogen-bond donors (Lipinski definition) is 0. The van der Waals surface area contributed by atoms with E-state index in [1.54, 1.807) is 34.6 Å². The monoisotopic (exact) mass is 456 g/mol. The van der Waals surface area contributed by atoms with Crippen LogP contribution in [0.5, 0.6) is 0 Å². The SMILES string of the molecule is CCOP(=O)(OCC)C(C(=O)OC(C)(C)C)C(CCC1OCCO1)c1ccc(C)cc1. The van der Waals surface area contributed by atoms with Crippen molar-refractivity contribution < 1.29 is 32.6 Å². The zero-order chi connectivity index (χ0) is 23.1. The van der Waals surface area contributed by atoms with E-state index in [-0.39, 0.29) is 19.5 Å². The quantitative estimate of drug-likeness (QED) is 0.334. The predicted molar refractivity (Wildman–Crippen MR) is 119 cm³/mol. The average Bonchev–Trinajstić information content (AvgIpc) is 3.18. The fourth-order valence-corrected chi connectivity index (χ4v) is 5.83. The summed E-state index contributed by atoms with van der Waals surface area (Å²) in [5.41, 5.74) is 0.125. The fourth-order valence-electron chi connectivity index (χ4n) is 3.64. The Hall–Kier alpha value is -1.24. The van der Waals surface area contributed by atoms with Gasteiger partial charge in [-0.05, 0) is 59.9 Å². The summed E-state index contributed by atoms with van der Waals surface area (Å²) in [4.78, 5) is 13.4. The lowest BCUT2D eigenvalue weighted by Gasteiger charge is -2.33. The Morgan fingerprint density at radius 1 is 1.10 bits per heavy atom. The van der Waals surface area contributed by atoms with E-state index in [0.29, 0.717) is 26.1 Å². The normalized spacial score (nSPS) is 17.5. The molecule has 7 nitrogen and oxygen atoms in total. The van der Waals surface area contributed by atoms with Crippen LogP contribution in [0.1, 0.15) is 64.5 Å². The first-order valence-electron chi connectivity index (χ1n) is 11.0. The van der Waals surface area contributed by atoms with Crippen molar-refractivity contribution >= 4 is 13.6 Å². The number of aryl methyl sites for hydroxylation is 1.